The molecule has 2 aromatic rings. The van der Waals surface area contributed by atoms with E-state index in [1.165, 1.54) is 11.1 Å². The molecule has 0 fully saturated rings. The Bertz CT molecular complexity index is 603. The van der Waals surface area contributed by atoms with Gasteiger partial charge >= 0.3 is 0 Å². The summed E-state index contributed by atoms with van der Waals surface area (Å²) in [4.78, 5) is 0. The molecule has 0 saturated heterocycles. The zero-order valence-corrected chi connectivity index (χ0v) is 12.8. The van der Waals surface area contributed by atoms with E-state index in [9.17, 15) is 0 Å². The van der Waals surface area contributed by atoms with E-state index in [4.69, 9.17) is 9.15 Å². The number of anilines is 1. The lowest BCUT2D eigenvalue weighted by Crippen LogP contribution is -2.16. The average Bonchev–Trinajstić information content (AvgIpc) is 2.97. The van der Waals surface area contributed by atoms with E-state index in [0.29, 0.717) is 6.04 Å². The van der Waals surface area contributed by atoms with E-state index in [-0.39, 0.29) is 0 Å². The van der Waals surface area contributed by atoms with Gasteiger partial charge in [0.15, 0.2) is 0 Å². The highest BCUT2D eigenvalue weighted by Gasteiger charge is 2.23. The molecule has 0 aliphatic heterocycles. The van der Waals surface area contributed by atoms with Gasteiger partial charge in [-0.15, -0.1) is 0 Å². The van der Waals surface area contributed by atoms with E-state index >= 15 is 0 Å². The van der Waals surface area contributed by atoms with Crippen LogP contribution in [-0.4, -0.2) is 6.61 Å². The molecule has 0 amide bonds. The van der Waals surface area contributed by atoms with Gasteiger partial charge in [-0.2, -0.15) is 0 Å². The minimum Gasteiger partial charge on any atom is -0.491 e. The Kier molecular flexibility index (Phi) is 4.18. The molecule has 21 heavy (non-hydrogen) atoms. The molecule has 0 radical (unpaired) electrons. The van der Waals surface area contributed by atoms with Gasteiger partial charge in [-0.1, -0.05) is 13.0 Å². The van der Waals surface area contributed by atoms with Gasteiger partial charge in [0.2, 0.25) is 0 Å². The Morgan fingerprint density at radius 3 is 3.10 bits per heavy atom. The summed E-state index contributed by atoms with van der Waals surface area (Å²) in [7, 11) is 0. The van der Waals surface area contributed by atoms with Crippen molar-refractivity contribution in [1.82, 2.24) is 0 Å². The predicted molar refractivity (Wildman–Crippen MR) is 85.0 cm³/mol. The van der Waals surface area contributed by atoms with Crippen LogP contribution >= 0.6 is 0 Å². The van der Waals surface area contributed by atoms with Gasteiger partial charge in [0.1, 0.15) is 11.5 Å². The first-order valence-corrected chi connectivity index (χ1v) is 7.84. The maximum atomic E-state index is 5.89. The molecular weight excluding hydrogens is 262 g/mol. The van der Waals surface area contributed by atoms with Crippen LogP contribution in [0.3, 0.4) is 0 Å². The molecular formula is C18H23NO2. The molecule has 1 aromatic heterocycles. The molecule has 1 aliphatic carbocycles. The molecule has 3 nitrogen and oxygen atoms in total. The SMILES string of the molecule is CCCOc1cc(C)ccc1NC1CCCc2occc21. The van der Waals surface area contributed by atoms with E-state index in [0.717, 1.165) is 49.5 Å². The molecule has 1 heterocycles. The van der Waals surface area contributed by atoms with Crippen molar-refractivity contribution in [1.29, 1.82) is 0 Å². The number of nitrogens with one attached hydrogen (secondary N) is 1. The number of fused-ring (bicyclic) bond motifs is 1. The first-order valence-electron chi connectivity index (χ1n) is 7.84. The second-order valence-corrected chi connectivity index (χ2v) is 5.74. The third-order valence-electron chi connectivity index (χ3n) is 3.98. The highest BCUT2D eigenvalue weighted by atomic mass is 16.5. The van der Waals surface area contributed by atoms with Crippen LogP contribution in [0.25, 0.3) is 0 Å². The number of benzene rings is 1. The lowest BCUT2D eigenvalue weighted by atomic mass is 9.93. The van der Waals surface area contributed by atoms with Crippen molar-refractivity contribution < 1.29 is 9.15 Å². The first kappa shape index (κ1) is 14.1. The van der Waals surface area contributed by atoms with Crippen molar-refractivity contribution in [2.24, 2.45) is 0 Å². The largest absolute Gasteiger partial charge is 0.491 e. The Hall–Kier alpha value is -1.90. The number of ether oxygens (including phenoxy) is 1. The first-order chi connectivity index (χ1) is 10.3. The van der Waals surface area contributed by atoms with Crippen LogP contribution in [0, 0.1) is 6.92 Å². The Balaban J connectivity index is 1.82. The molecule has 3 heteroatoms. The van der Waals surface area contributed by atoms with E-state index in [1.54, 1.807) is 6.26 Å². The molecule has 1 aliphatic rings. The number of hydrogen-bond acceptors (Lipinski definition) is 3. The zero-order chi connectivity index (χ0) is 14.7. The summed E-state index contributed by atoms with van der Waals surface area (Å²) >= 11 is 0. The highest BCUT2D eigenvalue weighted by molar-refractivity contribution is 5.59. The van der Waals surface area contributed by atoms with Gasteiger partial charge < -0.3 is 14.5 Å². The minimum atomic E-state index is 0.319. The summed E-state index contributed by atoms with van der Waals surface area (Å²) < 4.78 is 11.5. The van der Waals surface area contributed by atoms with Gasteiger partial charge in [-0.05, 0) is 49.9 Å². The summed E-state index contributed by atoms with van der Waals surface area (Å²) in [6.07, 6.45) is 6.16. The monoisotopic (exact) mass is 285 g/mol. The number of hydrogen-bond donors (Lipinski definition) is 1. The smallest absolute Gasteiger partial charge is 0.142 e. The third-order valence-corrected chi connectivity index (χ3v) is 3.98. The van der Waals surface area contributed by atoms with Crippen LogP contribution < -0.4 is 10.1 Å². The lowest BCUT2D eigenvalue weighted by molar-refractivity contribution is 0.318. The van der Waals surface area contributed by atoms with Crippen molar-refractivity contribution in [2.75, 3.05) is 11.9 Å². The average molecular weight is 285 g/mol. The topological polar surface area (TPSA) is 34.4 Å². The second kappa shape index (κ2) is 6.25. The fraction of sp³-hybridized carbons (Fsp3) is 0.444. The van der Waals surface area contributed by atoms with Gasteiger partial charge in [-0.3, -0.25) is 0 Å². The normalized spacial score (nSPS) is 17.3. The number of aryl methyl sites for hydroxylation is 2. The van der Waals surface area contributed by atoms with Gasteiger partial charge in [0.25, 0.3) is 0 Å². The molecule has 1 unspecified atom stereocenters. The van der Waals surface area contributed by atoms with Crippen molar-refractivity contribution in [3.8, 4) is 5.75 Å². The molecule has 0 spiro atoms. The van der Waals surface area contributed by atoms with Gasteiger partial charge in [-0.25, -0.2) is 0 Å². The van der Waals surface area contributed by atoms with Crippen LogP contribution in [0.1, 0.15) is 49.1 Å². The van der Waals surface area contributed by atoms with Crippen LogP contribution in [0.2, 0.25) is 0 Å². The number of rotatable bonds is 5. The summed E-state index contributed by atoms with van der Waals surface area (Å²) in [5, 5.41) is 3.64. The molecule has 0 bridgehead atoms. The molecule has 0 saturated carbocycles. The van der Waals surface area contributed by atoms with Crippen LogP contribution in [0.5, 0.6) is 5.75 Å². The van der Waals surface area contributed by atoms with Crippen molar-refractivity contribution in [3.05, 3.63) is 47.4 Å². The minimum absolute atomic E-state index is 0.319. The Labute approximate surface area is 126 Å². The van der Waals surface area contributed by atoms with Gasteiger partial charge in [0.05, 0.1) is 24.6 Å². The molecule has 3 rings (SSSR count). The highest BCUT2D eigenvalue weighted by Crippen LogP contribution is 2.36. The third kappa shape index (κ3) is 3.07. The second-order valence-electron chi connectivity index (χ2n) is 5.74. The van der Waals surface area contributed by atoms with Crippen LogP contribution in [0.4, 0.5) is 5.69 Å². The Morgan fingerprint density at radius 1 is 1.33 bits per heavy atom. The lowest BCUT2D eigenvalue weighted by Gasteiger charge is -2.25. The summed E-state index contributed by atoms with van der Waals surface area (Å²) in [6, 6.07) is 8.76. The molecule has 1 N–H and O–H groups in total. The zero-order valence-electron chi connectivity index (χ0n) is 12.8. The Morgan fingerprint density at radius 2 is 2.24 bits per heavy atom. The van der Waals surface area contributed by atoms with E-state index in [2.05, 4.69) is 43.4 Å². The standard InChI is InChI=1S/C18H23NO2/c1-3-10-20-18-12-13(2)7-8-16(18)19-15-5-4-6-17-14(15)9-11-21-17/h7-9,11-12,15,19H,3-6,10H2,1-2H3. The van der Waals surface area contributed by atoms with Crippen molar-refractivity contribution in [3.63, 3.8) is 0 Å². The maximum absolute atomic E-state index is 5.89. The van der Waals surface area contributed by atoms with Crippen molar-refractivity contribution in [2.45, 2.75) is 45.6 Å². The molecule has 1 atom stereocenters. The predicted octanol–water partition coefficient (Wildman–Crippen LogP) is 4.87. The molecule has 112 valence electrons. The summed E-state index contributed by atoms with van der Waals surface area (Å²) in [6.45, 7) is 4.97. The maximum Gasteiger partial charge on any atom is 0.142 e. The van der Waals surface area contributed by atoms with E-state index < -0.39 is 0 Å². The number of furan rings is 1. The van der Waals surface area contributed by atoms with Crippen LogP contribution in [0.15, 0.2) is 34.9 Å². The van der Waals surface area contributed by atoms with Crippen molar-refractivity contribution >= 4 is 5.69 Å². The summed E-state index contributed by atoms with van der Waals surface area (Å²) in [5.74, 6) is 2.08. The van der Waals surface area contributed by atoms with E-state index in [1.807, 2.05) is 0 Å². The summed E-state index contributed by atoms with van der Waals surface area (Å²) in [5.41, 5.74) is 3.59. The quantitative estimate of drug-likeness (QED) is 0.851. The molecule has 1 aromatic carbocycles. The fourth-order valence-electron chi connectivity index (χ4n) is 2.90. The van der Waals surface area contributed by atoms with Gasteiger partial charge in [0, 0.05) is 12.0 Å². The van der Waals surface area contributed by atoms with Crippen LogP contribution in [-0.2, 0) is 6.42 Å². The fourth-order valence-corrected chi connectivity index (χ4v) is 2.90.